The maximum atomic E-state index is 12.3. The normalized spacial score (nSPS) is 19.5. The Bertz CT molecular complexity index is 547. The Morgan fingerprint density at radius 3 is 2.59 bits per heavy atom. The maximum Gasteiger partial charge on any atom is 0.240 e. The largest absolute Gasteiger partial charge is 0.316 e. The van der Waals surface area contributed by atoms with Crippen LogP contribution in [0.4, 0.5) is 0 Å². The van der Waals surface area contributed by atoms with Crippen molar-refractivity contribution in [2.24, 2.45) is 11.8 Å². The molecule has 0 saturated carbocycles. The number of hydrogen-bond donors (Lipinski definition) is 2. The highest BCUT2D eigenvalue weighted by molar-refractivity contribution is 7.89. The summed E-state index contributed by atoms with van der Waals surface area (Å²) in [7, 11) is -3.38. The van der Waals surface area contributed by atoms with Crippen molar-refractivity contribution in [3.8, 4) is 0 Å². The van der Waals surface area contributed by atoms with Crippen molar-refractivity contribution in [2.45, 2.75) is 44.4 Å². The molecule has 0 spiro atoms. The molecule has 1 unspecified atom stereocenters. The Morgan fingerprint density at radius 1 is 1.27 bits per heavy atom. The van der Waals surface area contributed by atoms with Gasteiger partial charge in [0.05, 0.1) is 4.90 Å². The van der Waals surface area contributed by atoms with E-state index in [2.05, 4.69) is 23.9 Å². The summed E-state index contributed by atoms with van der Waals surface area (Å²) in [6.07, 6.45) is 4.26. The minimum atomic E-state index is -3.38. The lowest BCUT2D eigenvalue weighted by atomic mass is 9.96. The molecule has 0 radical (unpaired) electrons. The third-order valence-electron chi connectivity index (χ3n) is 4.12. The molecule has 1 aromatic carbocycles. The Balaban J connectivity index is 1.86. The van der Waals surface area contributed by atoms with Gasteiger partial charge >= 0.3 is 0 Å². The molecule has 4 nitrogen and oxygen atoms in total. The van der Waals surface area contributed by atoms with Crippen LogP contribution in [-0.2, 0) is 16.4 Å². The second kappa shape index (κ2) is 8.09. The van der Waals surface area contributed by atoms with Crippen molar-refractivity contribution in [2.75, 3.05) is 19.6 Å². The van der Waals surface area contributed by atoms with E-state index < -0.39 is 10.0 Å². The van der Waals surface area contributed by atoms with Crippen LogP contribution in [0.1, 0.15) is 38.7 Å². The molecule has 0 aromatic heterocycles. The van der Waals surface area contributed by atoms with Crippen molar-refractivity contribution < 1.29 is 8.42 Å². The first-order valence-corrected chi connectivity index (χ1v) is 9.75. The summed E-state index contributed by atoms with van der Waals surface area (Å²) in [5, 5.41) is 3.36. The third kappa shape index (κ3) is 5.38. The monoisotopic (exact) mass is 324 g/mol. The van der Waals surface area contributed by atoms with Gasteiger partial charge in [0.15, 0.2) is 0 Å². The van der Waals surface area contributed by atoms with Gasteiger partial charge in [0.2, 0.25) is 10.0 Å². The molecule has 0 aliphatic carbocycles. The van der Waals surface area contributed by atoms with E-state index in [0.717, 1.165) is 25.9 Å². The van der Waals surface area contributed by atoms with Crippen LogP contribution in [0, 0.1) is 11.8 Å². The molecule has 0 amide bonds. The Morgan fingerprint density at radius 2 is 2.00 bits per heavy atom. The fourth-order valence-electron chi connectivity index (χ4n) is 2.93. The average molecular weight is 324 g/mol. The predicted octanol–water partition coefficient (Wildman–Crippen LogP) is 2.55. The molecule has 2 rings (SSSR count). The van der Waals surface area contributed by atoms with Gasteiger partial charge in [-0.15, -0.1) is 0 Å². The van der Waals surface area contributed by atoms with Crippen molar-refractivity contribution >= 4 is 10.0 Å². The predicted molar refractivity (Wildman–Crippen MR) is 90.4 cm³/mol. The Labute approximate surface area is 134 Å². The van der Waals surface area contributed by atoms with Gasteiger partial charge in [0.25, 0.3) is 0 Å². The first-order chi connectivity index (χ1) is 10.5. The van der Waals surface area contributed by atoms with E-state index in [-0.39, 0.29) is 0 Å². The van der Waals surface area contributed by atoms with Crippen LogP contribution in [0.2, 0.25) is 0 Å². The quantitative estimate of drug-likeness (QED) is 0.810. The van der Waals surface area contributed by atoms with Crippen LogP contribution in [0.25, 0.3) is 0 Å². The molecule has 5 heteroatoms. The molecule has 1 aliphatic heterocycles. The highest BCUT2D eigenvalue weighted by Gasteiger charge is 2.16. The summed E-state index contributed by atoms with van der Waals surface area (Å²) in [5.41, 5.74) is 1.18. The number of rotatable bonds is 7. The molecule has 1 atom stereocenters. The van der Waals surface area contributed by atoms with Gasteiger partial charge in [0.1, 0.15) is 0 Å². The lowest BCUT2D eigenvalue weighted by molar-refractivity contribution is 0.358. The number of piperidine rings is 1. The molecule has 1 fully saturated rings. The molecule has 2 N–H and O–H groups in total. The van der Waals surface area contributed by atoms with Crippen molar-refractivity contribution in [1.82, 2.24) is 10.0 Å². The fourth-order valence-corrected chi connectivity index (χ4v) is 3.97. The summed E-state index contributed by atoms with van der Waals surface area (Å²) in [4.78, 5) is 0.363. The van der Waals surface area contributed by atoms with Gasteiger partial charge in [-0.2, -0.15) is 0 Å². The molecule has 0 bridgehead atoms. The van der Waals surface area contributed by atoms with Crippen LogP contribution < -0.4 is 10.0 Å². The standard InChI is InChI=1S/C17H28N2O2S/c1-14(2)12-15-5-7-17(8-6-15)22(20,21)19-11-9-16-4-3-10-18-13-16/h5-8,14,16,18-19H,3-4,9-13H2,1-2H3. The van der Waals surface area contributed by atoms with Gasteiger partial charge in [-0.3, -0.25) is 0 Å². The zero-order valence-electron chi connectivity index (χ0n) is 13.6. The smallest absolute Gasteiger partial charge is 0.240 e. The molecular weight excluding hydrogens is 296 g/mol. The van der Waals surface area contributed by atoms with E-state index >= 15 is 0 Å². The van der Waals surface area contributed by atoms with Gasteiger partial charge in [-0.1, -0.05) is 26.0 Å². The number of hydrogen-bond acceptors (Lipinski definition) is 3. The second-order valence-corrected chi connectivity index (χ2v) is 8.41. The lowest BCUT2D eigenvalue weighted by Gasteiger charge is -2.22. The van der Waals surface area contributed by atoms with Gasteiger partial charge in [-0.25, -0.2) is 13.1 Å². The highest BCUT2D eigenvalue weighted by Crippen LogP contribution is 2.15. The van der Waals surface area contributed by atoms with Crippen LogP contribution in [0.15, 0.2) is 29.2 Å². The fraction of sp³-hybridized carbons (Fsp3) is 0.647. The van der Waals surface area contributed by atoms with E-state index in [1.165, 1.54) is 18.4 Å². The molecule has 22 heavy (non-hydrogen) atoms. The van der Waals surface area contributed by atoms with Crippen molar-refractivity contribution in [1.29, 1.82) is 0 Å². The summed E-state index contributed by atoms with van der Waals surface area (Å²) >= 11 is 0. The SMILES string of the molecule is CC(C)Cc1ccc(S(=O)(=O)NCCC2CCCNC2)cc1. The molecule has 124 valence electrons. The zero-order chi connectivity index (χ0) is 16.0. The van der Waals surface area contributed by atoms with Gasteiger partial charge < -0.3 is 5.32 Å². The summed E-state index contributed by atoms with van der Waals surface area (Å²) in [6.45, 7) is 6.93. The van der Waals surface area contributed by atoms with Crippen LogP contribution in [0.5, 0.6) is 0 Å². The van der Waals surface area contributed by atoms with E-state index in [0.29, 0.717) is 23.3 Å². The third-order valence-corrected chi connectivity index (χ3v) is 5.60. The van der Waals surface area contributed by atoms with Crippen LogP contribution in [0.3, 0.4) is 0 Å². The second-order valence-electron chi connectivity index (χ2n) is 6.64. The minimum absolute atomic E-state index is 0.363. The molecule has 1 aliphatic rings. The first kappa shape index (κ1) is 17.4. The number of sulfonamides is 1. The number of benzene rings is 1. The lowest BCUT2D eigenvalue weighted by Crippen LogP contribution is -2.33. The minimum Gasteiger partial charge on any atom is -0.316 e. The summed E-state index contributed by atoms with van der Waals surface area (Å²) in [6, 6.07) is 7.25. The van der Waals surface area contributed by atoms with E-state index in [9.17, 15) is 8.42 Å². The topological polar surface area (TPSA) is 58.2 Å². The van der Waals surface area contributed by atoms with E-state index in [4.69, 9.17) is 0 Å². The molecule has 1 saturated heterocycles. The van der Waals surface area contributed by atoms with Gasteiger partial charge in [-0.05, 0) is 68.3 Å². The Kier molecular flexibility index (Phi) is 6.41. The molecular formula is C17H28N2O2S. The number of nitrogens with one attached hydrogen (secondary N) is 2. The van der Waals surface area contributed by atoms with E-state index in [1.54, 1.807) is 12.1 Å². The summed E-state index contributed by atoms with van der Waals surface area (Å²) < 4.78 is 27.3. The Hall–Kier alpha value is -0.910. The van der Waals surface area contributed by atoms with Crippen molar-refractivity contribution in [3.63, 3.8) is 0 Å². The maximum absolute atomic E-state index is 12.3. The molecule has 1 heterocycles. The van der Waals surface area contributed by atoms with Gasteiger partial charge in [0, 0.05) is 6.54 Å². The highest BCUT2D eigenvalue weighted by atomic mass is 32.2. The van der Waals surface area contributed by atoms with Crippen molar-refractivity contribution in [3.05, 3.63) is 29.8 Å². The summed E-state index contributed by atoms with van der Waals surface area (Å²) in [5.74, 6) is 1.16. The average Bonchev–Trinajstić information content (AvgIpc) is 2.48. The zero-order valence-corrected chi connectivity index (χ0v) is 14.5. The van der Waals surface area contributed by atoms with Crippen LogP contribution >= 0.6 is 0 Å². The van der Waals surface area contributed by atoms with Crippen LogP contribution in [-0.4, -0.2) is 28.1 Å². The van der Waals surface area contributed by atoms with E-state index in [1.807, 2.05) is 12.1 Å². The first-order valence-electron chi connectivity index (χ1n) is 8.26. The molecule has 1 aromatic rings.